The summed E-state index contributed by atoms with van der Waals surface area (Å²) in [6.45, 7) is 4.51. The SMILES string of the molecule is CCOC(=O)c1nnc2n1CCN(C)C2. The van der Waals surface area contributed by atoms with Gasteiger partial charge in [-0.25, -0.2) is 4.79 Å². The molecule has 2 rings (SSSR count). The highest BCUT2D eigenvalue weighted by molar-refractivity contribution is 5.85. The van der Waals surface area contributed by atoms with Crippen molar-refractivity contribution in [2.45, 2.75) is 20.0 Å². The van der Waals surface area contributed by atoms with E-state index in [1.807, 2.05) is 11.6 Å². The van der Waals surface area contributed by atoms with Crippen LogP contribution in [-0.4, -0.2) is 45.8 Å². The number of rotatable bonds is 2. The monoisotopic (exact) mass is 210 g/mol. The Hall–Kier alpha value is -1.43. The maximum atomic E-state index is 11.5. The van der Waals surface area contributed by atoms with E-state index < -0.39 is 0 Å². The van der Waals surface area contributed by atoms with Gasteiger partial charge in [-0.1, -0.05) is 0 Å². The van der Waals surface area contributed by atoms with Gasteiger partial charge in [0, 0.05) is 13.1 Å². The topological polar surface area (TPSA) is 60.2 Å². The van der Waals surface area contributed by atoms with E-state index in [0.717, 1.165) is 25.5 Å². The maximum absolute atomic E-state index is 11.5. The van der Waals surface area contributed by atoms with Crippen LogP contribution in [0.25, 0.3) is 0 Å². The summed E-state index contributed by atoms with van der Waals surface area (Å²) in [4.78, 5) is 13.6. The molecule has 6 heteroatoms. The largest absolute Gasteiger partial charge is 0.460 e. The first-order valence-corrected chi connectivity index (χ1v) is 5.00. The normalized spacial score (nSPS) is 16.1. The van der Waals surface area contributed by atoms with Gasteiger partial charge in [-0.15, -0.1) is 10.2 Å². The highest BCUT2D eigenvalue weighted by Crippen LogP contribution is 2.11. The lowest BCUT2D eigenvalue weighted by molar-refractivity contribution is 0.0503. The van der Waals surface area contributed by atoms with Gasteiger partial charge in [0.25, 0.3) is 0 Å². The minimum atomic E-state index is -0.388. The van der Waals surface area contributed by atoms with Crippen LogP contribution in [0.1, 0.15) is 23.4 Å². The van der Waals surface area contributed by atoms with E-state index in [2.05, 4.69) is 15.1 Å². The van der Waals surface area contributed by atoms with Gasteiger partial charge >= 0.3 is 5.97 Å². The minimum Gasteiger partial charge on any atom is -0.460 e. The highest BCUT2D eigenvalue weighted by Gasteiger charge is 2.23. The van der Waals surface area contributed by atoms with E-state index in [9.17, 15) is 4.79 Å². The zero-order valence-electron chi connectivity index (χ0n) is 8.93. The minimum absolute atomic E-state index is 0.319. The molecule has 1 aliphatic rings. The van der Waals surface area contributed by atoms with Crippen molar-refractivity contribution in [3.63, 3.8) is 0 Å². The summed E-state index contributed by atoms with van der Waals surface area (Å²) < 4.78 is 6.73. The molecule has 6 nitrogen and oxygen atoms in total. The first-order valence-electron chi connectivity index (χ1n) is 5.00. The molecule has 0 spiro atoms. The molecular formula is C9H14N4O2. The zero-order valence-corrected chi connectivity index (χ0v) is 8.93. The Kier molecular flexibility index (Phi) is 2.68. The second kappa shape index (κ2) is 3.98. The van der Waals surface area contributed by atoms with Gasteiger partial charge < -0.3 is 9.30 Å². The molecule has 15 heavy (non-hydrogen) atoms. The van der Waals surface area contributed by atoms with Crippen LogP contribution < -0.4 is 0 Å². The number of likely N-dealkylation sites (N-methyl/N-ethyl adjacent to an activating group) is 1. The van der Waals surface area contributed by atoms with Crippen LogP contribution in [0.15, 0.2) is 0 Å². The van der Waals surface area contributed by atoms with Crippen molar-refractivity contribution in [1.29, 1.82) is 0 Å². The fourth-order valence-electron chi connectivity index (χ4n) is 1.63. The number of ether oxygens (including phenoxy) is 1. The second-order valence-electron chi connectivity index (χ2n) is 3.55. The van der Waals surface area contributed by atoms with Crippen molar-refractivity contribution in [2.24, 2.45) is 0 Å². The Labute approximate surface area is 87.8 Å². The average molecular weight is 210 g/mol. The molecule has 1 aromatic rings. The van der Waals surface area contributed by atoms with Gasteiger partial charge in [-0.05, 0) is 14.0 Å². The molecule has 82 valence electrons. The van der Waals surface area contributed by atoms with Crippen molar-refractivity contribution in [3.8, 4) is 0 Å². The Balaban J connectivity index is 2.24. The van der Waals surface area contributed by atoms with Gasteiger partial charge in [0.05, 0.1) is 13.2 Å². The molecule has 2 heterocycles. The summed E-state index contributed by atoms with van der Waals surface area (Å²) in [5.74, 6) is 0.757. The van der Waals surface area contributed by atoms with Gasteiger partial charge in [0.2, 0.25) is 5.82 Å². The van der Waals surface area contributed by atoms with Crippen LogP contribution in [0.5, 0.6) is 0 Å². The van der Waals surface area contributed by atoms with Gasteiger partial charge in [-0.3, -0.25) is 4.90 Å². The molecule has 0 atom stereocenters. The van der Waals surface area contributed by atoms with E-state index in [-0.39, 0.29) is 5.97 Å². The van der Waals surface area contributed by atoms with Crippen LogP contribution in [0.3, 0.4) is 0 Å². The number of fused-ring (bicyclic) bond motifs is 1. The summed E-state index contributed by atoms with van der Waals surface area (Å²) in [6, 6.07) is 0. The molecule has 1 aromatic heterocycles. The van der Waals surface area contributed by atoms with Crippen molar-refractivity contribution in [3.05, 3.63) is 11.6 Å². The first kappa shape index (κ1) is 10.1. The molecular weight excluding hydrogens is 196 g/mol. The third kappa shape index (κ3) is 1.85. The zero-order chi connectivity index (χ0) is 10.8. The molecule has 0 amide bonds. The molecule has 1 aliphatic heterocycles. The molecule has 0 radical (unpaired) electrons. The van der Waals surface area contributed by atoms with E-state index in [0.29, 0.717) is 12.4 Å². The fourth-order valence-corrected chi connectivity index (χ4v) is 1.63. The van der Waals surface area contributed by atoms with Crippen molar-refractivity contribution in [1.82, 2.24) is 19.7 Å². The summed E-state index contributed by atoms with van der Waals surface area (Å²) in [6.07, 6.45) is 0. The lowest BCUT2D eigenvalue weighted by atomic mass is 10.4. The van der Waals surface area contributed by atoms with E-state index in [1.165, 1.54) is 0 Å². The summed E-state index contributed by atoms with van der Waals surface area (Å²) in [5, 5.41) is 7.84. The predicted molar refractivity (Wildman–Crippen MR) is 52.3 cm³/mol. The molecule has 0 saturated carbocycles. The number of nitrogens with zero attached hydrogens (tertiary/aromatic N) is 4. The Bertz CT molecular complexity index is 374. The molecule has 0 N–H and O–H groups in total. The molecule has 0 fully saturated rings. The van der Waals surface area contributed by atoms with Gasteiger partial charge in [0.1, 0.15) is 5.82 Å². The molecule has 0 unspecified atom stereocenters. The van der Waals surface area contributed by atoms with Crippen molar-refractivity contribution >= 4 is 5.97 Å². The number of hydrogen-bond acceptors (Lipinski definition) is 5. The predicted octanol–water partition coefficient (Wildman–Crippen LogP) is -0.0998. The average Bonchev–Trinajstić information content (AvgIpc) is 2.60. The summed E-state index contributed by atoms with van der Waals surface area (Å²) in [5.41, 5.74) is 0. The molecule has 0 bridgehead atoms. The van der Waals surface area contributed by atoms with E-state index >= 15 is 0 Å². The molecule has 0 aliphatic carbocycles. The number of carbonyl (C=O) groups excluding carboxylic acids is 1. The lowest BCUT2D eigenvalue weighted by Crippen LogP contribution is -2.32. The summed E-state index contributed by atoms with van der Waals surface area (Å²) >= 11 is 0. The standard InChI is InChI=1S/C9H14N4O2/c1-3-15-9(14)8-11-10-7-6-12(2)4-5-13(7)8/h3-6H2,1-2H3. The van der Waals surface area contributed by atoms with Crippen LogP contribution in [0.2, 0.25) is 0 Å². The Morgan fingerprint density at radius 1 is 1.47 bits per heavy atom. The van der Waals surface area contributed by atoms with Crippen LogP contribution in [0, 0.1) is 0 Å². The highest BCUT2D eigenvalue weighted by atomic mass is 16.5. The third-order valence-electron chi connectivity index (χ3n) is 2.40. The van der Waals surface area contributed by atoms with Crippen LogP contribution in [0.4, 0.5) is 0 Å². The van der Waals surface area contributed by atoms with E-state index in [4.69, 9.17) is 4.74 Å². The second-order valence-corrected chi connectivity index (χ2v) is 3.55. The lowest BCUT2D eigenvalue weighted by Gasteiger charge is -2.23. The van der Waals surface area contributed by atoms with Crippen LogP contribution >= 0.6 is 0 Å². The fraction of sp³-hybridized carbons (Fsp3) is 0.667. The number of esters is 1. The number of carbonyl (C=O) groups is 1. The quantitative estimate of drug-likeness (QED) is 0.638. The smallest absolute Gasteiger partial charge is 0.376 e. The van der Waals surface area contributed by atoms with Crippen molar-refractivity contribution in [2.75, 3.05) is 20.2 Å². The van der Waals surface area contributed by atoms with E-state index in [1.54, 1.807) is 6.92 Å². The third-order valence-corrected chi connectivity index (χ3v) is 2.40. The Morgan fingerprint density at radius 3 is 3.00 bits per heavy atom. The van der Waals surface area contributed by atoms with Gasteiger partial charge in [-0.2, -0.15) is 0 Å². The number of hydrogen-bond donors (Lipinski definition) is 0. The summed E-state index contributed by atoms with van der Waals surface area (Å²) in [7, 11) is 2.02. The van der Waals surface area contributed by atoms with Crippen LogP contribution in [-0.2, 0) is 17.8 Å². The molecule has 0 saturated heterocycles. The Morgan fingerprint density at radius 2 is 2.27 bits per heavy atom. The maximum Gasteiger partial charge on any atom is 0.376 e. The number of aromatic nitrogens is 3. The first-order chi connectivity index (χ1) is 7.22. The van der Waals surface area contributed by atoms with Crippen molar-refractivity contribution < 1.29 is 9.53 Å². The molecule has 0 aromatic carbocycles. The van der Waals surface area contributed by atoms with Gasteiger partial charge in [0.15, 0.2) is 0 Å².